The highest BCUT2D eigenvalue weighted by Gasteiger charge is 2.17. The summed E-state index contributed by atoms with van der Waals surface area (Å²) < 4.78 is 19.2. The van der Waals surface area contributed by atoms with Crippen LogP contribution < -0.4 is 4.74 Å². The molecular formula is C15H14FN3O3. The second-order valence-corrected chi connectivity index (χ2v) is 5.54. The number of nitrogens with one attached hydrogen (secondary N) is 1. The Morgan fingerprint density at radius 1 is 1.41 bits per heavy atom. The molecule has 0 spiro atoms. The lowest BCUT2D eigenvalue weighted by molar-refractivity contribution is 0.0687. The van der Waals surface area contributed by atoms with Gasteiger partial charge in [-0.3, -0.25) is 0 Å². The van der Waals surface area contributed by atoms with Crippen molar-refractivity contribution in [1.82, 2.24) is 15.4 Å². The topological polar surface area (TPSA) is 88.1 Å². The predicted octanol–water partition coefficient (Wildman–Crippen LogP) is 2.83. The van der Waals surface area contributed by atoms with Crippen molar-refractivity contribution in [1.29, 1.82) is 0 Å². The lowest BCUT2D eigenvalue weighted by Crippen LogP contribution is -2.00. The molecule has 2 aromatic rings. The Balaban J connectivity index is 2.24. The molecule has 0 fully saturated rings. The number of aromatic carboxylic acids is 1. The number of halogens is 1. The van der Waals surface area contributed by atoms with Crippen molar-refractivity contribution < 1.29 is 19.0 Å². The average Bonchev–Trinajstić information content (AvgIpc) is 2.85. The molecule has 0 radical (unpaired) electrons. The first-order valence-electron chi connectivity index (χ1n) is 6.41. The monoisotopic (exact) mass is 303 g/mol. The zero-order chi connectivity index (χ0) is 16.3. The summed E-state index contributed by atoms with van der Waals surface area (Å²) in [6, 6.07) is 4.06. The maximum absolute atomic E-state index is 14.0. The molecule has 0 saturated carbocycles. The number of carbonyl (C=O) groups is 1. The number of carboxylic acid groups (broad SMARTS) is 1. The van der Waals surface area contributed by atoms with E-state index < -0.39 is 11.8 Å². The van der Waals surface area contributed by atoms with Gasteiger partial charge in [-0.1, -0.05) is 22.2 Å². The first kappa shape index (κ1) is 15.5. The second-order valence-electron chi connectivity index (χ2n) is 5.54. The van der Waals surface area contributed by atoms with E-state index in [9.17, 15) is 9.18 Å². The van der Waals surface area contributed by atoms with Crippen molar-refractivity contribution in [3.63, 3.8) is 0 Å². The third kappa shape index (κ3) is 3.82. The number of hydrogen-bond acceptors (Lipinski definition) is 4. The number of nitrogens with zero attached hydrogens (tertiary/aromatic N) is 2. The van der Waals surface area contributed by atoms with E-state index in [1.165, 1.54) is 12.1 Å². The van der Waals surface area contributed by atoms with Gasteiger partial charge in [0.05, 0.1) is 5.56 Å². The van der Waals surface area contributed by atoms with Crippen LogP contribution >= 0.6 is 0 Å². The standard InChI is InChI=1S/C15H14FN3O3/c1-15(2,3)7-6-9-4-5-10(8-11(9)16)22-13-12(14(20)21)17-19-18-13/h4-5,8H,1-3H3,(H,20,21)(H,17,18,19). The summed E-state index contributed by atoms with van der Waals surface area (Å²) in [4.78, 5) is 10.9. The molecule has 0 saturated heterocycles. The minimum Gasteiger partial charge on any atom is -0.476 e. The van der Waals surface area contributed by atoms with E-state index in [0.29, 0.717) is 0 Å². The molecule has 0 atom stereocenters. The number of rotatable bonds is 3. The van der Waals surface area contributed by atoms with Crippen molar-refractivity contribution in [2.45, 2.75) is 20.8 Å². The van der Waals surface area contributed by atoms with Gasteiger partial charge in [-0.2, -0.15) is 0 Å². The van der Waals surface area contributed by atoms with Crippen LogP contribution in [0.3, 0.4) is 0 Å². The van der Waals surface area contributed by atoms with Crippen LogP contribution in [0.4, 0.5) is 4.39 Å². The van der Waals surface area contributed by atoms with Gasteiger partial charge in [-0.05, 0) is 32.9 Å². The summed E-state index contributed by atoms with van der Waals surface area (Å²) in [6.07, 6.45) is 0. The molecule has 7 heteroatoms. The molecule has 114 valence electrons. The average molecular weight is 303 g/mol. The van der Waals surface area contributed by atoms with Crippen molar-refractivity contribution in [3.05, 3.63) is 35.3 Å². The molecule has 0 amide bonds. The zero-order valence-electron chi connectivity index (χ0n) is 12.3. The molecule has 2 rings (SSSR count). The van der Waals surface area contributed by atoms with Gasteiger partial charge in [0.2, 0.25) is 5.69 Å². The number of aromatic nitrogens is 3. The van der Waals surface area contributed by atoms with Crippen molar-refractivity contribution in [2.24, 2.45) is 5.41 Å². The third-order valence-electron chi connectivity index (χ3n) is 2.46. The van der Waals surface area contributed by atoms with E-state index in [1.54, 1.807) is 0 Å². The van der Waals surface area contributed by atoms with Crippen LogP contribution in [0.2, 0.25) is 0 Å². The Hall–Kier alpha value is -2.88. The summed E-state index contributed by atoms with van der Waals surface area (Å²) >= 11 is 0. The summed E-state index contributed by atoms with van der Waals surface area (Å²) in [5.41, 5.74) is -0.309. The number of benzene rings is 1. The van der Waals surface area contributed by atoms with Crippen molar-refractivity contribution >= 4 is 5.97 Å². The van der Waals surface area contributed by atoms with Crippen LogP contribution in [0.25, 0.3) is 0 Å². The Morgan fingerprint density at radius 2 is 2.14 bits per heavy atom. The molecule has 1 aromatic carbocycles. The normalized spacial score (nSPS) is 10.7. The van der Waals surface area contributed by atoms with Gasteiger partial charge in [0.1, 0.15) is 11.6 Å². The largest absolute Gasteiger partial charge is 0.476 e. The van der Waals surface area contributed by atoms with Gasteiger partial charge in [0, 0.05) is 11.5 Å². The molecule has 0 bridgehead atoms. The number of hydrogen-bond donors (Lipinski definition) is 2. The summed E-state index contributed by atoms with van der Waals surface area (Å²) in [5.74, 6) is 3.73. The van der Waals surface area contributed by atoms with E-state index in [0.717, 1.165) is 6.07 Å². The summed E-state index contributed by atoms with van der Waals surface area (Å²) in [6.45, 7) is 5.77. The quantitative estimate of drug-likeness (QED) is 0.851. The first-order chi connectivity index (χ1) is 10.3. The molecule has 2 N–H and O–H groups in total. The van der Waals surface area contributed by atoms with Crippen LogP contribution in [-0.4, -0.2) is 26.5 Å². The van der Waals surface area contributed by atoms with E-state index in [-0.39, 0.29) is 28.3 Å². The lowest BCUT2D eigenvalue weighted by atomic mass is 9.97. The van der Waals surface area contributed by atoms with Crippen LogP contribution in [0.15, 0.2) is 18.2 Å². The summed E-state index contributed by atoms with van der Waals surface area (Å²) in [5, 5.41) is 17.9. The Morgan fingerprint density at radius 3 is 2.73 bits per heavy atom. The molecule has 0 unspecified atom stereocenters. The Bertz CT molecular complexity index is 766. The first-order valence-corrected chi connectivity index (χ1v) is 6.41. The van der Waals surface area contributed by atoms with Gasteiger partial charge in [-0.25, -0.2) is 14.3 Å². The smallest absolute Gasteiger partial charge is 0.359 e. The molecule has 22 heavy (non-hydrogen) atoms. The molecule has 0 aliphatic rings. The highest BCUT2D eigenvalue weighted by atomic mass is 19.1. The fourth-order valence-electron chi connectivity index (χ4n) is 1.46. The molecule has 0 aliphatic carbocycles. The molecule has 0 aliphatic heterocycles. The minimum atomic E-state index is -1.27. The Kier molecular flexibility index (Phi) is 4.13. The number of carboxylic acids is 1. The zero-order valence-corrected chi connectivity index (χ0v) is 12.3. The van der Waals surface area contributed by atoms with Crippen molar-refractivity contribution in [3.8, 4) is 23.5 Å². The van der Waals surface area contributed by atoms with Gasteiger partial charge in [0.15, 0.2) is 0 Å². The minimum absolute atomic E-state index is 0.107. The van der Waals surface area contributed by atoms with E-state index in [2.05, 4.69) is 27.3 Å². The van der Waals surface area contributed by atoms with Crippen molar-refractivity contribution in [2.75, 3.05) is 0 Å². The van der Waals surface area contributed by atoms with Crippen LogP contribution in [0.5, 0.6) is 11.6 Å². The van der Waals surface area contributed by atoms with E-state index in [1.807, 2.05) is 20.8 Å². The van der Waals surface area contributed by atoms with Crippen LogP contribution in [-0.2, 0) is 0 Å². The van der Waals surface area contributed by atoms with Gasteiger partial charge in [-0.15, -0.1) is 0 Å². The lowest BCUT2D eigenvalue weighted by Gasteiger charge is -2.07. The number of ether oxygens (including phenoxy) is 1. The highest BCUT2D eigenvalue weighted by Crippen LogP contribution is 2.23. The fourth-order valence-corrected chi connectivity index (χ4v) is 1.46. The van der Waals surface area contributed by atoms with Gasteiger partial charge < -0.3 is 9.84 Å². The van der Waals surface area contributed by atoms with Gasteiger partial charge in [0.25, 0.3) is 5.88 Å². The number of H-pyrrole nitrogens is 1. The SMILES string of the molecule is CC(C)(C)C#Cc1ccc(Oc2nn[nH]c2C(=O)O)cc1F. The molecule has 1 aromatic heterocycles. The van der Waals surface area contributed by atoms with E-state index >= 15 is 0 Å². The predicted molar refractivity (Wildman–Crippen MR) is 76.1 cm³/mol. The van der Waals surface area contributed by atoms with Gasteiger partial charge >= 0.3 is 5.97 Å². The highest BCUT2D eigenvalue weighted by molar-refractivity contribution is 5.87. The summed E-state index contributed by atoms with van der Waals surface area (Å²) in [7, 11) is 0. The third-order valence-corrected chi connectivity index (χ3v) is 2.46. The van der Waals surface area contributed by atoms with Crippen LogP contribution in [0.1, 0.15) is 36.8 Å². The van der Waals surface area contributed by atoms with Crippen LogP contribution in [0, 0.1) is 23.1 Å². The fraction of sp³-hybridized carbons (Fsp3) is 0.267. The molecule has 6 nitrogen and oxygen atoms in total. The molecule has 1 heterocycles. The van der Waals surface area contributed by atoms with E-state index in [4.69, 9.17) is 9.84 Å². The molecular weight excluding hydrogens is 289 g/mol. The number of aromatic amines is 1. The second kappa shape index (κ2) is 5.85. The Labute approximate surface area is 126 Å². The maximum atomic E-state index is 14.0. The maximum Gasteiger partial charge on any atom is 0.359 e.